The summed E-state index contributed by atoms with van der Waals surface area (Å²) in [4.78, 5) is 10.7. The molecule has 1 rings (SSSR count). The number of hydrogen-bond donors (Lipinski definition) is 1. The van der Waals surface area contributed by atoms with E-state index in [4.69, 9.17) is 16.9 Å². The second-order valence-corrected chi connectivity index (χ2v) is 7.04. The number of carboxylic acid groups (broad SMARTS) is 1. The average Bonchev–Trinajstić information content (AvgIpc) is 2.35. The minimum Gasteiger partial charge on any atom is -0.478 e. The zero-order chi connectivity index (χ0) is 14.6. The molecule has 1 aromatic rings. The third-order valence-corrected chi connectivity index (χ3v) is 4.79. The molecular weight excluding hydrogens is 290 g/mol. The molecule has 0 radical (unpaired) electrons. The smallest absolute Gasteiger partial charge is 0.335 e. The maximum absolute atomic E-state index is 11.9. The summed E-state index contributed by atoms with van der Waals surface area (Å²) in [6.45, 7) is 3.85. The highest BCUT2D eigenvalue weighted by Crippen LogP contribution is 2.22. The predicted octanol–water partition coefficient (Wildman–Crippen LogP) is 2.72. The van der Waals surface area contributed by atoms with Crippen molar-refractivity contribution in [3.05, 3.63) is 29.8 Å². The molecule has 0 aliphatic carbocycles. The molecule has 0 atom stereocenters. The zero-order valence-electron chi connectivity index (χ0n) is 10.7. The molecule has 0 aliphatic heterocycles. The van der Waals surface area contributed by atoms with E-state index in [-0.39, 0.29) is 22.9 Å². The summed E-state index contributed by atoms with van der Waals surface area (Å²) >= 11 is 5.81. The monoisotopic (exact) mass is 305 g/mol. The minimum absolute atomic E-state index is 0.0468. The van der Waals surface area contributed by atoms with E-state index in [9.17, 15) is 13.2 Å². The number of halogens is 1. The van der Waals surface area contributed by atoms with Crippen LogP contribution in [0.15, 0.2) is 24.3 Å². The molecular formula is C12H16ClNO4S. The van der Waals surface area contributed by atoms with Gasteiger partial charge in [0.2, 0.25) is 10.0 Å². The molecule has 1 aromatic carbocycles. The first-order valence-corrected chi connectivity index (χ1v) is 7.71. The number of carbonyl (C=O) groups is 1. The molecule has 0 heterocycles. The van der Waals surface area contributed by atoms with Gasteiger partial charge in [0.15, 0.2) is 0 Å². The Balaban J connectivity index is 2.87. The highest BCUT2D eigenvalue weighted by atomic mass is 35.5. The van der Waals surface area contributed by atoms with Gasteiger partial charge in [0.1, 0.15) is 0 Å². The Morgan fingerprint density at radius 3 is 2.26 bits per heavy atom. The fourth-order valence-corrected chi connectivity index (χ4v) is 3.04. The van der Waals surface area contributed by atoms with Crippen LogP contribution in [0.1, 0.15) is 30.6 Å². The van der Waals surface area contributed by atoms with Crippen molar-refractivity contribution >= 4 is 33.5 Å². The van der Waals surface area contributed by atoms with Crippen molar-refractivity contribution in [1.82, 2.24) is 0 Å². The number of sulfonamides is 1. The molecule has 7 heteroatoms. The van der Waals surface area contributed by atoms with Gasteiger partial charge in [0.05, 0.1) is 17.0 Å². The van der Waals surface area contributed by atoms with E-state index < -0.39 is 16.0 Å². The van der Waals surface area contributed by atoms with Gasteiger partial charge >= 0.3 is 5.97 Å². The maximum Gasteiger partial charge on any atom is 0.335 e. The van der Waals surface area contributed by atoms with E-state index in [1.165, 1.54) is 24.3 Å². The quantitative estimate of drug-likeness (QED) is 0.820. The van der Waals surface area contributed by atoms with Crippen LogP contribution in [0.5, 0.6) is 0 Å². The molecule has 19 heavy (non-hydrogen) atoms. The lowest BCUT2D eigenvalue weighted by Crippen LogP contribution is -2.25. The minimum atomic E-state index is -3.59. The Hall–Kier alpha value is -1.27. The molecule has 0 saturated heterocycles. The Labute approximate surface area is 118 Å². The normalized spacial score (nSPS) is 11.6. The van der Waals surface area contributed by atoms with Crippen LogP contribution in [-0.2, 0) is 10.0 Å². The summed E-state index contributed by atoms with van der Waals surface area (Å²) < 4.78 is 24.5. The first kappa shape index (κ1) is 15.8. The Morgan fingerprint density at radius 1 is 1.32 bits per heavy atom. The lowest BCUT2D eigenvalue weighted by molar-refractivity contribution is 0.0697. The van der Waals surface area contributed by atoms with Crippen molar-refractivity contribution in [2.75, 3.05) is 9.58 Å². The number of rotatable bonds is 6. The van der Waals surface area contributed by atoms with Crippen LogP contribution in [0.2, 0.25) is 0 Å². The summed E-state index contributed by atoms with van der Waals surface area (Å²) in [5.41, 5.74) is 0.309. The van der Waals surface area contributed by atoms with E-state index >= 15 is 0 Å². The molecule has 0 aromatic heterocycles. The Bertz CT molecular complexity index is 539. The van der Waals surface area contributed by atoms with Gasteiger partial charge in [-0.05, 0) is 36.6 Å². The van der Waals surface area contributed by atoms with E-state index in [2.05, 4.69) is 0 Å². The SMILES string of the molecule is CC(C)CCS(=O)(=O)N(Cl)c1ccc(C(=O)O)cc1. The molecule has 0 aliphatic rings. The van der Waals surface area contributed by atoms with Gasteiger partial charge in [0.25, 0.3) is 0 Å². The largest absolute Gasteiger partial charge is 0.478 e. The lowest BCUT2D eigenvalue weighted by Gasteiger charge is -2.16. The molecule has 1 N–H and O–H groups in total. The summed E-state index contributed by atoms with van der Waals surface area (Å²) in [7, 11) is -3.59. The van der Waals surface area contributed by atoms with Crippen molar-refractivity contribution in [3.8, 4) is 0 Å². The third kappa shape index (κ3) is 4.40. The number of anilines is 1. The first-order chi connectivity index (χ1) is 8.74. The fourth-order valence-electron chi connectivity index (χ4n) is 1.35. The van der Waals surface area contributed by atoms with Crippen molar-refractivity contribution in [1.29, 1.82) is 0 Å². The van der Waals surface area contributed by atoms with E-state index in [1.54, 1.807) is 0 Å². The Morgan fingerprint density at radius 2 is 1.84 bits per heavy atom. The number of hydrogen-bond acceptors (Lipinski definition) is 3. The van der Waals surface area contributed by atoms with Crippen molar-refractivity contribution in [2.24, 2.45) is 5.92 Å². The summed E-state index contributed by atoms with van der Waals surface area (Å²) in [5, 5.41) is 8.75. The molecule has 5 nitrogen and oxygen atoms in total. The van der Waals surface area contributed by atoms with Crippen LogP contribution < -0.4 is 3.82 Å². The summed E-state index contributed by atoms with van der Waals surface area (Å²) in [5.74, 6) is -0.862. The van der Waals surface area contributed by atoms with Gasteiger partial charge in [-0.3, -0.25) is 0 Å². The summed E-state index contributed by atoms with van der Waals surface area (Å²) in [6.07, 6.45) is 0.513. The number of nitrogens with zero attached hydrogens (tertiary/aromatic N) is 1. The van der Waals surface area contributed by atoms with E-state index in [0.29, 0.717) is 10.2 Å². The number of aromatic carboxylic acids is 1. The topological polar surface area (TPSA) is 74.7 Å². The van der Waals surface area contributed by atoms with Gasteiger partial charge < -0.3 is 5.11 Å². The maximum atomic E-state index is 11.9. The van der Waals surface area contributed by atoms with Gasteiger partial charge in [-0.15, -0.1) is 0 Å². The van der Waals surface area contributed by atoms with Crippen molar-refractivity contribution in [2.45, 2.75) is 20.3 Å². The van der Waals surface area contributed by atoms with Crippen molar-refractivity contribution < 1.29 is 18.3 Å². The van der Waals surface area contributed by atoms with Crippen LogP contribution in [0, 0.1) is 5.92 Å². The van der Waals surface area contributed by atoms with Crippen LogP contribution in [-0.4, -0.2) is 25.2 Å². The van der Waals surface area contributed by atoms with Crippen LogP contribution >= 0.6 is 11.8 Å². The highest BCUT2D eigenvalue weighted by Gasteiger charge is 2.21. The number of carboxylic acids is 1. The summed E-state index contributed by atoms with van der Waals surface area (Å²) in [6, 6.07) is 5.35. The second-order valence-electron chi connectivity index (χ2n) is 4.57. The fraction of sp³-hybridized carbons (Fsp3) is 0.417. The van der Waals surface area contributed by atoms with Gasteiger partial charge in [-0.25, -0.2) is 13.2 Å². The van der Waals surface area contributed by atoms with Crippen LogP contribution in [0.25, 0.3) is 0 Å². The molecule has 0 fully saturated rings. The van der Waals surface area contributed by atoms with Crippen LogP contribution in [0.3, 0.4) is 0 Å². The van der Waals surface area contributed by atoms with E-state index in [1.807, 2.05) is 13.8 Å². The number of benzene rings is 1. The zero-order valence-corrected chi connectivity index (χ0v) is 12.3. The third-order valence-electron chi connectivity index (χ3n) is 2.51. The van der Waals surface area contributed by atoms with E-state index in [0.717, 1.165) is 0 Å². The lowest BCUT2D eigenvalue weighted by atomic mass is 10.2. The van der Waals surface area contributed by atoms with Gasteiger partial charge in [-0.2, -0.15) is 3.82 Å². The molecule has 0 spiro atoms. The first-order valence-electron chi connectivity index (χ1n) is 5.76. The highest BCUT2D eigenvalue weighted by molar-refractivity contribution is 7.94. The molecule has 0 bridgehead atoms. The van der Waals surface area contributed by atoms with Crippen LogP contribution in [0.4, 0.5) is 5.69 Å². The van der Waals surface area contributed by atoms with Gasteiger partial charge in [0, 0.05) is 11.8 Å². The molecule has 106 valence electrons. The molecule has 0 saturated carbocycles. The predicted molar refractivity (Wildman–Crippen MR) is 75.0 cm³/mol. The van der Waals surface area contributed by atoms with Gasteiger partial charge in [-0.1, -0.05) is 13.8 Å². The molecule has 0 amide bonds. The second kappa shape index (κ2) is 6.25. The average molecular weight is 306 g/mol. The Kier molecular flexibility index (Phi) is 5.20. The molecule has 0 unspecified atom stereocenters. The van der Waals surface area contributed by atoms with Crippen molar-refractivity contribution in [3.63, 3.8) is 0 Å². The standard InChI is InChI=1S/C12H16ClNO4S/c1-9(2)7-8-19(17,18)14(13)11-5-3-10(4-6-11)12(15)16/h3-6,9H,7-8H2,1-2H3,(H,15,16).